The molecular formula is C13H11S. The van der Waals surface area contributed by atoms with E-state index < -0.39 is 0 Å². The minimum absolute atomic E-state index is 0.345. The molecule has 1 atom stereocenters. The lowest BCUT2D eigenvalue weighted by atomic mass is 9.93. The monoisotopic (exact) mass is 199 g/mol. The Kier molecular flexibility index (Phi) is 2.90. The molecule has 0 amide bonds. The quantitative estimate of drug-likeness (QED) is 0.659. The number of hydrogen-bond donors (Lipinski definition) is 0. The Hall–Kier alpha value is -1.21. The van der Waals surface area contributed by atoms with Gasteiger partial charge in [0.15, 0.2) is 0 Å². The minimum atomic E-state index is 0.345. The Morgan fingerprint density at radius 2 is 2.00 bits per heavy atom. The maximum absolute atomic E-state index is 5.23. The second kappa shape index (κ2) is 4.34. The lowest BCUT2D eigenvalue weighted by Crippen LogP contribution is -2.12. The standard InChI is InChI=1S/C13H11S/c14-13-9-5-4-8-12(13)10-11-6-2-1-3-7-11/h1-8,12H,10H2. The van der Waals surface area contributed by atoms with Crippen LogP contribution in [0.25, 0.3) is 0 Å². The molecule has 0 fully saturated rings. The van der Waals surface area contributed by atoms with E-state index in [0.717, 1.165) is 11.3 Å². The van der Waals surface area contributed by atoms with Crippen molar-refractivity contribution in [2.75, 3.05) is 0 Å². The molecule has 0 saturated carbocycles. The summed E-state index contributed by atoms with van der Waals surface area (Å²) in [6.07, 6.45) is 10.1. The van der Waals surface area contributed by atoms with Crippen molar-refractivity contribution in [3.63, 3.8) is 0 Å². The minimum Gasteiger partial charge on any atom is -0.0836 e. The predicted molar refractivity (Wildman–Crippen MR) is 63.2 cm³/mol. The zero-order valence-corrected chi connectivity index (χ0v) is 8.63. The van der Waals surface area contributed by atoms with Crippen LogP contribution in [-0.4, -0.2) is 4.86 Å². The van der Waals surface area contributed by atoms with Crippen LogP contribution in [0.2, 0.25) is 0 Å². The van der Waals surface area contributed by atoms with Crippen LogP contribution in [0.5, 0.6) is 0 Å². The molecule has 0 aromatic heterocycles. The van der Waals surface area contributed by atoms with Crippen molar-refractivity contribution in [1.29, 1.82) is 0 Å². The smallest absolute Gasteiger partial charge is 0.0303 e. The molecule has 1 unspecified atom stereocenters. The Morgan fingerprint density at radius 3 is 2.71 bits per heavy atom. The van der Waals surface area contributed by atoms with E-state index in [9.17, 15) is 0 Å². The molecule has 2 rings (SSSR count). The summed E-state index contributed by atoms with van der Waals surface area (Å²) in [5, 5.41) is 0. The molecule has 0 bridgehead atoms. The number of hydrogen-bond acceptors (Lipinski definition) is 1. The van der Waals surface area contributed by atoms with E-state index in [1.807, 2.05) is 18.2 Å². The number of rotatable bonds is 2. The summed E-state index contributed by atoms with van der Waals surface area (Å²) in [7, 11) is 0. The highest BCUT2D eigenvalue weighted by molar-refractivity contribution is 7.80. The number of thiocarbonyl (C=S) groups is 1. The molecule has 0 spiro atoms. The summed E-state index contributed by atoms with van der Waals surface area (Å²) in [5.41, 5.74) is 1.33. The summed E-state index contributed by atoms with van der Waals surface area (Å²) in [6.45, 7) is 0. The van der Waals surface area contributed by atoms with Gasteiger partial charge in [0.05, 0.1) is 0 Å². The van der Waals surface area contributed by atoms with Gasteiger partial charge in [0.2, 0.25) is 0 Å². The molecule has 14 heavy (non-hydrogen) atoms. The van der Waals surface area contributed by atoms with E-state index in [4.69, 9.17) is 12.2 Å². The first-order valence-electron chi connectivity index (χ1n) is 4.70. The van der Waals surface area contributed by atoms with E-state index in [1.165, 1.54) is 5.56 Å². The van der Waals surface area contributed by atoms with Crippen molar-refractivity contribution >= 4 is 17.1 Å². The van der Waals surface area contributed by atoms with Crippen molar-refractivity contribution < 1.29 is 0 Å². The molecule has 0 saturated heterocycles. The molecule has 0 heterocycles. The van der Waals surface area contributed by atoms with Gasteiger partial charge >= 0.3 is 0 Å². The van der Waals surface area contributed by atoms with E-state index in [2.05, 4.69) is 36.4 Å². The zero-order chi connectivity index (χ0) is 9.80. The predicted octanol–water partition coefficient (Wildman–Crippen LogP) is 3.14. The molecular weight excluding hydrogens is 188 g/mol. The summed E-state index contributed by atoms with van der Waals surface area (Å²) in [6, 6.07) is 10.4. The highest BCUT2D eigenvalue weighted by Crippen LogP contribution is 2.15. The van der Waals surface area contributed by atoms with Crippen molar-refractivity contribution in [3.8, 4) is 0 Å². The summed E-state index contributed by atoms with van der Waals surface area (Å²) >= 11 is 5.23. The lowest BCUT2D eigenvalue weighted by Gasteiger charge is -2.13. The molecule has 69 valence electrons. The average molecular weight is 199 g/mol. The van der Waals surface area contributed by atoms with Crippen LogP contribution >= 0.6 is 12.2 Å². The Labute approximate surface area is 90.0 Å². The fourth-order valence-electron chi connectivity index (χ4n) is 1.54. The van der Waals surface area contributed by atoms with E-state index >= 15 is 0 Å². The van der Waals surface area contributed by atoms with Gasteiger partial charge in [-0.15, -0.1) is 0 Å². The van der Waals surface area contributed by atoms with Crippen LogP contribution in [0.1, 0.15) is 5.56 Å². The van der Waals surface area contributed by atoms with Crippen LogP contribution in [-0.2, 0) is 6.42 Å². The van der Waals surface area contributed by atoms with Gasteiger partial charge in [-0.3, -0.25) is 0 Å². The number of allylic oxidation sites excluding steroid dienone is 4. The molecule has 1 aliphatic rings. The molecule has 0 aliphatic heterocycles. The molecule has 1 aromatic carbocycles. The Balaban J connectivity index is 2.09. The first-order chi connectivity index (χ1) is 6.86. The second-order valence-electron chi connectivity index (χ2n) is 3.36. The SMILES string of the molecule is S=C1[C]=CC=CC1Cc1ccccc1. The fraction of sp³-hybridized carbons (Fsp3) is 0.154. The third-order valence-corrected chi connectivity index (χ3v) is 2.72. The molecule has 1 aliphatic carbocycles. The van der Waals surface area contributed by atoms with Crippen molar-refractivity contribution in [2.24, 2.45) is 5.92 Å². The summed E-state index contributed by atoms with van der Waals surface area (Å²) in [5.74, 6) is 0.345. The third-order valence-electron chi connectivity index (χ3n) is 2.30. The van der Waals surface area contributed by atoms with Gasteiger partial charge in [-0.2, -0.15) is 0 Å². The van der Waals surface area contributed by atoms with Gasteiger partial charge in [0.1, 0.15) is 0 Å². The van der Waals surface area contributed by atoms with Crippen molar-refractivity contribution in [1.82, 2.24) is 0 Å². The van der Waals surface area contributed by atoms with Crippen LogP contribution < -0.4 is 0 Å². The molecule has 0 nitrogen and oxygen atoms in total. The van der Waals surface area contributed by atoms with E-state index in [-0.39, 0.29) is 0 Å². The van der Waals surface area contributed by atoms with Gasteiger partial charge < -0.3 is 0 Å². The van der Waals surface area contributed by atoms with Crippen molar-refractivity contribution in [3.05, 3.63) is 60.2 Å². The molecule has 1 heteroatoms. The Morgan fingerprint density at radius 1 is 1.21 bits per heavy atom. The highest BCUT2D eigenvalue weighted by atomic mass is 32.1. The Bertz CT molecular complexity index is 373. The normalized spacial score (nSPS) is 20.0. The summed E-state index contributed by atoms with van der Waals surface area (Å²) in [4.78, 5) is 0.913. The first kappa shape index (κ1) is 9.35. The van der Waals surface area contributed by atoms with Gasteiger partial charge in [0.25, 0.3) is 0 Å². The maximum atomic E-state index is 5.23. The van der Waals surface area contributed by atoms with Crippen LogP contribution in [0.3, 0.4) is 0 Å². The lowest BCUT2D eigenvalue weighted by molar-refractivity contribution is 0.859. The zero-order valence-electron chi connectivity index (χ0n) is 7.81. The van der Waals surface area contributed by atoms with Gasteiger partial charge in [-0.05, 0) is 18.1 Å². The largest absolute Gasteiger partial charge is 0.0836 e. The topological polar surface area (TPSA) is 0 Å². The second-order valence-corrected chi connectivity index (χ2v) is 3.80. The molecule has 1 radical (unpaired) electrons. The van der Waals surface area contributed by atoms with Crippen LogP contribution in [0, 0.1) is 12.0 Å². The first-order valence-corrected chi connectivity index (χ1v) is 5.11. The van der Waals surface area contributed by atoms with Gasteiger partial charge in [-0.1, -0.05) is 60.8 Å². The van der Waals surface area contributed by atoms with E-state index in [0.29, 0.717) is 5.92 Å². The highest BCUT2D eigenvalue weighted by Gasteiger charge is 2.11. The van der Waals surface area contributed by atoms with Crippen molar-refractivity contribution in [2.45, 2.75) is 6.42 Å². The van der Waals surface area contributed by atoms with Crippen LogP contribution in [0.15, 0.2) is 48.6 Å². The van der Waals surface area contributed by atoms with E-state index in [1.54, 1.807) is 0 Å². The van der Waals surface area contributed by atoms with Gasteiger partial charge in [0, 0.05) is 10.8 Å². The fourth-order valence-corrected chi connectivity index (χ4v) is 1.77. The molecule has 1 aromatic rings. The maximum Gasteiger partial charge on any atom is 0.0303 e. The number of benzene rings is 1. The van der Waals surface area contributed by atoms with Gasteiger partial charge in [-0.25, -0.2) is 0 Å². The molecule has 0 N–H and O–H groups in total. The van der Waals surface area contributed by atoms with Crippen LogP contribution in [0.4, 0.5) is 0 Å². The average Bonchev–Trinajstić information content (AvgIpc) is 2.23. The third kappa shape index (κ3) is 2.18. The summed E-state index contributed by atoms with van der Waals surface area (Å²) < 4.78 is 0.